The van der Waals surface area contributed by atoms with Crippen molar-refractivity contribution in [3.05, 3.63) is 0 Å². The monoisotopic (exact) mass is 305 g/mol. The Labute approximate surface area is 128 Å². The predicted octanol–water partition coefficient (Wildman–Crippen LogP) is 4.56. The fraction of sp³-hybridized carbons (Fsp3) is 0.867. The van der Waals surface area contributed by atoms with Crippen LogP contribution >= 0.6 is 21.6 Å². The molecular weight excluding hydrogens is 274 g/mol. The molecule has 0 aliphatic carbocycles. The third-order valence-corrected chi connectivity index (χ3v) is 5.41. The standard InChI is InChI=1S/C13H25NOS2.C2H6/c1-6-7-11-15-12(9-8-10-14-5)16-17-13(2,3)4;1-2/h12,14H,8-11H2,1-5H3;1-2H3. The van der Waals surface area contributed by atoms with E-state index in [4.69, 9.17) is 4.74 Å². The molecule has 0 saturated carbocycles. The molecule has 114 valence electrons. The lowest BCUT2D eigenvalue weighted by Gasteiger charge is -2.21. The van der Waals surface area contributed by atoms with Gasteiger partial charge in [-0.25, -0.2) is 0 Å². The zero-order chi connectivity index (χ0) is 15.1. The average molecular weight is 306 g/mol. The van der Waals surface area contributed by atoms with Crippen molar-refractivity contribution in [2.75, 3.05) is 20.2 Å². The summed E-state index contributed by atoms with van der Waals surface area (Å²) in [5, 5.41) is 3.16. The van der Waals surface area contributed by atoms with Crippen LogP contribution in [0.3, 0.4) is 0 Å². The first-order chi connectivity index (χ1) is 8.99. The van der Waals surface area contributed by atoms with Gasteiger partial charge < -0.3 is 10.1 Å². The minimum absolute atomic E-state index is 0.244. The van der Waals surface area contributed by atoms with Gasteiger partial charge in [0.05, 0.1) is 0 Å². The maximum atomic E-state index is 5.77. The molecule has 0 rings (SSSR count). The summed E-state index contributed by atoms with van der Waals surface area (Å²) in [4.78, 5) is 0. The maximum absolute atomic E-state index is 5.77. The van der Waals surface area contributed by atoms with Crippen LogP contribution in [0.2, 0.25) is 0 Å². The van der Waals surface area contributed by atoms with Gasteiger partial charge in [0.15, 0.2) is 0 Å². The summed E-state index contributed by atoms with van der Waals surface area (Å²) in [6.07, 6.45) is 2.21. The number of hydrogen-bond acceptors (Lipinski definition) is 4. The lowest BCUT2D eigenvalue weighted by molar-refractivity contribution is 0.136. The summed E-state index contributed by atoms with van der Waals surface area (Å²) >= 11 is 0. The van der Waals surface area contributed by atoms with E-state index in [9.17, 15) is 0 Å². The number of rotatable bonds is 8. The molecule has 19 heavy (non-hydrogen) atoms. The van der Waals surface area contributed by atoms with Crippen molar-refractivity contribution in [1.29, 1.82) is 0 Å². The average Bonchev–Trinajstić information content (AvgIpc) is 2.37. The van der Waals surface area contributed by atoms with Gasteiger partial charge in [-0.15, -0.1) is 5.92 Å². The van der Waals surface area contributed by atoms with Crippen LogP contribution in [0.1, 0.15) is 54.4 Å². The summed E-state index contributed by atoms with van der Waals surface area (Å²) in [5.74, 6) is 5.82. The minimum atomic E-state index is 0.244. The van der Waals surface area contributed by atoms with E-state index >= 15 is 0 Å². The Morgan fingerprint density at radius 3 is 2.37 bits per heavy atom. The highest BCUT2D eigenvalue weighted by atomic mass is 33.1. The normalized spacial score (nSPS) is 11.9. The Kier molecular flexibility index (Phi) is 16.5. The smallest absolute Gasteiger partial charge is 0.114 e. The molecule has 1 N–H and O–H groups in total. The van der Waals surface area contributed by atoms with Gasteiger partial charge in [0.2, 0.25) is 0 Å². The second-order valence-electron chi connectivity index (χ2n) is 4.71. The van der Waals surface area contributed by atoms with Crippen LogP contribution in [-0.2, 0) is 4.74 Å². The van der Waals surface area contributed by atoms with Gasteiger partial charge in [0.1, 0.15) is 12.0 Å². The summed E-state index contributed by atoms with van der Waals surface area (Å²) in [5.41, 5.74) is 0.244. The first-order valence-corrected chi connectivity index (χ1v) is 9.21. The topological polar surface area (TPSA) is 21.3 Å². The van der Waals surface area contributed by atoms with E-state index in [0.717, 1.165) is 19.4 Å². The van der Waals surface area contributed by atoms with Crippen LogP contribution in [-0.4, -0.2) is 30.4 Å². The SMILES string of the molecule is CC.CC#CCOC(CCCNC)SSC(C)(C)C. The Hall–Kier alpha value is 0.180. The van der Waals surface area contributed by atoms with E-state index < -0.39 is 0 Å². The minimum Gasteiger partial charge on any atom is -0.354 e. The molecule has 0 spiro atoms. The zero-order valence-electron chi connectivity index (χ0n) is 13.6. The molecule has 0 aromatic rings. The summed E-state index contributed by atoms with van der Waals surface area (Å²) < 4.78 is 6.03. The van der Waals surface area contributed by atoms with Crippen LogP contribution < -0.4 is 5.32 Å². The van der Waals surface area contributed by atoms with E-state index in [-0.39, 0.29) is 10.2 Å². The molecular formula is C15H31NOS2. The highest BCUT2D eigenvalue weighted by Gasteiger charge is 2.16. The van der Waals surface area contributed by atoms with Crippen molar-refractivity contribution in [1.82, 2.24) is 5.32 Å². The van der Waals surface area contributed by atoms with Gasteiger partial charge in [0, 0.05) is 4.75 Å². The van der Waals surface area contributed by atoms with Gasteiger partial charge in [-0.1, -0.05) is 62.1 Å². The number of hydrogen-bond donors (Lipinski definition) is 1. The van der Waals surface area contributed by atoms with E-state index in [1.807, 2.05) is 49.4 Å². The second-order valence-corrected chi connectivity index (χ2v) is 7.89. The molecule has 2 nitrogen and oxygen atoms in total. The van der Waals surface area contributed by atoms with Crippen molar-refractivity contribution in [2.24, 2.45) is 0 Å². The van der Waals surface area contributed by atoms with Crippen molar-refractivity contribution in [2.45, 2.75) is 64.6 Å². The molecule has 0 heterocycles. The molecule has 0 aromatic heterocycles. The van der Waals surface area contributed by atoms with E-state index in [1.54, 1.807) is 0 Å². The quantitative estimate of drug-likeness (QED) is 0.307. The lowest BCUT2D eigenvalue weighted by atomic mass is 10.3. The highest BCUT2D eigenvalue weighted by molar-refractivity contribution is 8.77. The number of nitrogens with one attached hydrogen (secondary N) is 1. The summed E-state index contributed by atoms with van der Waals surface area (Å²) in [7, 11) is 5.69. The fourth-order valence-corrected chi connectivity index (χ4v) is 3.44. The molecule has 0 amide bonds. The van der Waals surface area contributed by atoms with Crippen LogP contribution in [0.4, 0.5) is 0 Å². The molecule has 0 aliphatic heterocycles. The van der Waals surface area contributed by atoms with Crippen LogP contribution in [0.15, 0.2) is 0 Å². The van der Waals surface area contributed by atoms with Crippen molar-refractivity contribution in [3.63, 3.8) is 0 Å². The first-order valence-electron chi connectivity index (χ1n) is 7.00. The fourth-order valence-electron chi connectivity index (χ4n) is 1.01. The Balaban J connectivity index is 0. The molecule has 0 fully saturated rings. The molecule has 0 saturated heterocycles. The van der Waals surface area contributed by atoms with Gasteiger partial charge >= 0.3 is 0 Å². The van der Waals surface area contributed by atoms with Crippen LogP contribution in [0.25, 0.3) is 0 Å². The molecule has 0 aromatic carbocycles. The van der Waals surface area contributed by atoms with E-state index in [1.165, 1.54) is 0 Å². The maximum Gasteiger partial charge on any atom is 0.114 e. The first kappa shape index (κ1) is 21.5. The molecule has 4 heteroatoms. The Morgan fingerprint density at radius 1 is 1.26 bits per heavy atom. The zero-order valence-corrected chi connectivity index (χ0v) is 15.3. The van der Waals surface area contributed by atoms with Crippen molar-refractivity contribution >= 4 is 21.6 Å². The Bertz CT molecular complexity index is 241. The van der Waals surface area contributed by atoms with Crippen molar-refractivity contribution < 1.29 is 4.74 Å². The number of ether oxygens (including phenoxy) is 1. The molecule has 0 radical (unpaired) electrons. The summed E-state index contributed by atoms with van der Waals surface area (Å²) in [6.45, 7) is 14.1. The third-order valence-electron chi connectivity index (χ3n) is 1.79. The largest absolute Gasteiger partial charge is 0.354 e. The van der Waals surface area contributed by atoms with E-state index in [0.29, 0.717) is 6.61 Å². The molecule has 1 atom stereocenters. The van der Waals surface area contributed by atoms with Gasteiger partial charge in [0.25, 0.3) is 0 Å². The van der Waals surface area contributed by atoms with Crippen LogP contribution in [0, 0.1) is 11.8 Å². The molecule has 0 bridgehead atoms. The van der Waals surface area contributed by atoms with Gasteiger partial charge in [-0.05, 0) is 33.4 Å². The van der Waals surface area contributed by atoms with Crippen molar-refractivity contribution in [3.8, 4) is 11.8 Å². The Morgan fingerprint density at radius 2 is 1.89 bits per heavy atom. The second kappa shape index (κ2) is 14.6. The predicted molar refractivity (Wildman–Crippen MR) is 92.6 cm³/mol. The highest BCUT2D eigenvalue weighted by Crippen LogP contribution is 2.39. The van der Waals surface area contributed by atoms with Crippen LogP contribution in [0.5, 0.6) is 0 Å². The van der Waals surface area contributed by atoms with Gasteiger partial charge in [-0.2, -0.15) is 0 Å². The summed E-state index contributed by atoms with van der Waals surface area (Å²) in [6, 6.07) is 0. The molecule has 0 aliphatic rings. The molecule has 1 unspecified atom stereocenters. The van der Waals surface area contributed by atoms with E-state index in [2.05, 4.69) is 37.9 Å². The van der Waals surface area contributed by atoms with Gasteiger partial charge in [-0.3, -0.25) is 0 Å². The lowest BCUT2D eigenvalue weighted by Crippen LogP contribution is -2.15. The third kappa shape index (κ3) is 18.2.